The number of sulfonamides is 1. The van der Waals surface area contributed by atoms with Crippen LogP contribution in [0.2, 0.25) is 0 Å². The molecule has 1 aromatic carbocycles. The van der Waals surface area contributed by atoms with Crippen LogP contribution in [0.3, 0.4) is 0 Å². The van der Waals surface area contributed by atoms with Crippen LogP contribution in [-0.4, -0.2) is 32.3 Å². The number of hydrogen-bond donors (Lipinski definition) is 1. The summed E-state index contributed by atoms with van der Waals surface area (Å²) in [6.45, 7) is 3.25. The Bertz CT molecular complexity index is 541. The van der Waals surface area contributed by atoms with E-state index in [1.54, 1.807) is 23.9 Å². The highest BCUT2D eigenvalue weighted by Crippen LogP contribution is 2.13. The van der Waals surface area contributed by atoms with Crippen LogP contribution in [0.1, 0.15) is 30.6 Å². The van der Waals surface area contributed by atoms with Crippen molar-refractivity contribution in [2.45, 2.75) is 31.2 Å². The molecule has 0 aromatic heterocycles. The van der Waals surface area contributed by atoms with E-state index in [2.05, 4.69) is 4.72 Å². The van der Waals surface area contributed by atoms with Crippen molar-refractivity contribution < 1.29 is 13.2 Å². The van der Waals surface area contributed by atoms with Crippen molar-refractivity contribution >= 4 is 27.6 Å². The standard InChI is InChI=1S/C13H19NO3S2/c1-10(7-8-18-3)14-19(16,17)13-6-4-5-12(9-13)11(2)15/h4-6,9-10,14H,7-8H2,1-3H3. The molecule has 4 nitrogen and oxygen atoms in total. The number of carbonyl (C=O) groups excluding carboxylic acids is 1. The van der Waals surface area contributed by atoms with Gasteiger partial charge in [0.2, 0.25) is 10.0 Å². The summed E-state index contributed by atoms with van der Waals surface area (Å²) in [4.78, 5) is 11.4. The molecule has 0 amide bonds. The highest BCUT2D eigenvalue weighted by atomic mass is 32.2. The summed E-state index contributed by atoms with van der Waals surface area (Å²) in [5.41, 5.74) is 0.402. The van der Waals surface area contributed by atoms with E-state index in [4.69, 9.17) is 0 Å². The van der Waals surface area contributed by atoms with Gasteiger partial charge in [0.1, 0.15) is 0 Å². The molecule has 0 heterocycles. The van der Waals surface area contributed by atoms with Crippen molar-refractivity contribution in [2.24, 2.45) is 0 Å². The zero-order valence-corrected chi connectivity index (χ0v) is 13.0. The first kappa shape index (κ1) is 16.2. The fourth-order valence-electron chi connectivity index (χ4n) is 1.57. The van der Waals surface area contributed by atoms with Crippen molar-refractivity contribution in [1.82, 2.24) is 4.72 Å². The minimum Gasteiger partial charge on any atom is -0.295 e. The number of benzene rings is 1. The van der Waals surface area contributed by atoms with Crippen molar-refractivity contribution in [3.63, 3.8) is 0 Å². The Balaban J connectivity index is 2.88. The number of ketones is 1. The number of hydrogen-bond acceptors (Lipinski definition) is 4. The van der Waals surface area contributed by atoms with E-state index in [0.717, 1.165) is 12.2 Å². The van der Waals surface area contributed by atoms with Crippen molar-refractivity contribution in [1.29, 1.82) is 0 Å². The molecule has 0 fully saturated rings. The van der Waals surface area contributed by atoms with E-state index >= 15 is 0 Å². The third kappa shape index (κ3) is 4.97. The highest BCUT2D eigenvalue weighted by Gasteiger charge is 2.17. The molecule has 1 atom stereocenters. The summed E-state index contributed by atoms with van der Waals surface area (Å²) in [6, 6.07) is 5.97. The van der Waals surface area contributed by atoms with Gasteiger partial charge in [-0.05, 0) is 44.4 Å². The zero-order valence-electron chi connectivity index (χ0n) is 11.3. The second-order valence-electron chi connectivity index (χ2n) is 4.39. The first-order valence-corrected chi connectivity index (χ1v) is 8.87. The SMILES string of the molecule is CSCCC(C)NS(=O)(=O)c1cccc(C(C)=O)c1. The minimum absolute atomic E-state index is 0.126. The summed E-state index contributed by atoms with van der Waals surface area (Å²) >= 11 is 1.68. The van der Waals surface area contributed by atoms with Crippen molar-refractivity contribution in [3.8, 4) is 0 Å². The molecule has 0 aliphatic rings. The molecule has 1 unspecified atom stereocenters. The maximum Gasteiger partial charge on any atom is 0.240 e. The summed E-state index contributed by atoms with van der Waals surface area (Å²) in [5.74, 6) is 0.754. The normalized spacial score (nSPS) is 13.2. The average molecular weight is 301 g/mol. The Morgan fingerprint density at radius 1 is 1.42 bits per heavy atom. The van der Waals surface area contributed by atoms with E-state index in [9.17, 15) is 13.2 Å². The van der Waals surface area contributed by atoms with Crippen LogP contribution in [0.25, 0.3) is 0 Å². The van der Waals surface area contributed by atoms with Crippen molar-refractivity contribution in [2.75, 3.05) is 12.0 Å². The molecular weight excluding hydrogens is 282 g/mol. The Hall–Kier alpha value is -0.850. The number of rotatable bonds is 7. The van der Waals surface area contributed by atoms with E-state index < -0.39 is 10.0 Å². The van der Waals surface area contributed by atoms with Gasteiger partial charge in [-0.15, -0.1) is 0 Å². The van der Waals surface area contributed by atoms with Crippen LogP contribution < -0.4 is 4.72 Å². The monoisotopic (exact) mass is 301 g/mol. The third-order valence-corrected chi connectivity index (χ3v) is 4.89. The summed E-state index contributed by atoms with van der Waals surface area (Å²) in [6.07, 6.45) is 2.75. The second kappa shape index (κ2) is 7.07. The van der Waals surface area contributed by atoms with Crippen LogP contribution in [0, 0.1) is 0 Å². The molecule has 0 aliphatic carbocycles. The van der Waals surface area contributed by atoms with Gasteiger partial charge in [0, 0.05) is 11.6 Å². The number of Topliss-reactive ketones (excluding diaryl/α,β-unsaturated/α-hetero) is 1. The maximum absolute atomic E-state index is 12.2. The van der Waals surface area contributed by atoms with Gasteiger partial charge in [0.05, 0.1) is 4.90 Å². The molecule has 0 saturated heterocycles. The Morgan fingerprint density at radius 3 is 2.68 bits per heavy atom. The Morgan fingerprint density at radius 2 is 2.11 bits per heavy atom. The summed E-state index contributed by atoms with van der Waals surface area (Å²) < 4.78 is 26.9. The lowest BCUT2D eigenvalue weighted by atomic mass is 10.2. The molecule has 1 rings (SSSR count). The molecule has 1 N–H and O–H groups in total. The maximum atomic E-state index is 12.2. The van der Waals surface area contributed by atoms with E-state index in [1.165, 1.54) is 19.1 Å². The third-order valence-electron chi connectivity index (χ3n) is 2.66. The molecule has 0 saturated carbocycles. The number of thioether (sulfide) groups is 1. The van der Waals surface area contributed by atoms with Crippen LogP contribution in [0.5, 0.6) is 0 Å². The summed E-state index contributed by atoms with van der Waals surface area (Å²) in [7, 11) is -3.56. The fourth-order valence-corrected chi connectivity index (χ4v) is 3.48. The lowest BCUT2D eigenvalue weighted by molar-refractivity contribution is 0.101. The summed E-state index contributed by atoms with van der Waals surface area (Å²) in [5, 5.41) is 0. The average Bonchev–Trinajstić information content (AvgIpc) is 2.36. The molecular formula is C13H19NO3S2. The van der Waals surface area contributed by atoms with Gasteiger partial charge in [-0.25, -0.2) is 13.1 Å². The van der Waals surface area contributed by atoms with Crippen molar-refractivity contribution in [3.05, 3.63) is 29.8 Å². The van der Waals surface area contributed by atoms with Crippen LogP contribution in [0.15, 0.2) is 29.2 Å². The van der Waals surface area contributed by atoms with E-state index in [-0.39, 0.29) is 16.7 Å². The molecule has 6 heteroatoms. The number of nitrogens with one attached hydrogen (secondary N) is 1. The molecule has 106 valence electrons. The quantitative estimate of drug-likeness (QED) is 0.785. The van der Waals surface area contributed by atoms with Crippen LogP contribution in [-0.2, 0) is 10.0 Å². The van der Waals surface area contributed by atoms with Crippen LogP contribution in [0.4, 0.5) is 0 Å². The highest BCUT2D eigenvalue weighted by molar-refractivity contribution is 7.98. The Kier molecular flexibility index (Phi) is 6.03. The van der Waals surface area contributed by atoms with Gasteiger partial charge in [-0.3, -0.25) is 4.79 Å². The molecule has 0 spiro atoms. The molecule has 1 aromatic rings. The molecule has 0 bridgehead atoms. The lowest BCUT2D eigenvalue weighted by Crippen LogP contribution is -2.33. The van der Waals surface area contributed by atoms with Gasteiger partial charge in [-0.2, -0.15) is 11.8 Å². The second-order valence-corrected chi connectivity index (χ2v) is 7.09. The molecule has 19 heavy (non-hydrogen) atoms. The molecule has 0 radical (unpaired) electrons. The number of carbonyl (C=O) groups is 1. The zero-order chi connectivity index (χ0) is 14.5. The predicted octanol–water partition coefficient (Wildman–Crippen LogP) is 2.31. The lowest BCUT2D eigenvalue weighted by Gasteiger charge is -2.14. The minimum atomic E-state index is -3.56. The first-order chi connectivity index (χ1) is 8.86. The Labute approximate surface area is 119 Å². The van der Waals surface area contributed by atoms with E-state index in [0.29, 0.717) is 5.56 Å². The van der Waals surface area contributed by atoms with Gasteiger partial charge in [0.15, 0.2) is 5.78 Å². The first-order valence-electron chi connectivity index (χ1n) is 5.99. The smallest absolute Gasteiger partial charge is 0.240 e. The fraction of sp³-hybridized carbons (Fsp3) is 0.462. The predicted molar refractivity (Wildman–Crippen MR) is 79.2 cm³/mol. The largest absolute Gasteiger partial charge is 0.295 e. The van der Waals surface area contributed by atoms with Gasteiger partial charge >= 0.3 is 0 Å². The topological polar surface area (TPSA) is 63.2 Å². The molecule has 0 aliphatic heterocycles. The van der Waals surface area contributed by atoms with E-state index in [1.807, 2.05) is 13.2 Å². The van der Waals surface area contributed by atoms with Gasteiger partial charge in [0.25, 0.3) is 0 Å². The van der Waals surface area contributed by atoms with Gasteiger partial charge < -0.3 is 0 Å². The van der Waals surface area contributed by atoms with Gasteiger partial charge in [-0.1, -0.05) is 12.1 Å². The van der Waals surface area contributed by atoms with Crippen LogP contribution >= 0.6 is 11.8 Å².